The van der Waals surface area contributed by atoms with Gasteiger partial charge in [0.1, 0.15) is 6.10 Å². The number of hydrogen-bond acceptors (Lipinski definition) is 4. The monoisotopic (exact) mass is 341 g/mol. The molecule has 0 aromatic carbocycles. The van der Waals surface area contributed by atoms with Gasteiger partial charge in [0.15, 0.2) is 0 Å². The van der Waals surface area contributed by atoms with E-state index in [4.69, 9.17) is 4.74 Å². The van der Waals surface area contributed by atoms with E-state index >= 15 is 0 Å². The molecule has 0 bridgehead atoms. The number of carboxylic acids is 1. The average Bonchev–Trinajstić information content (AvgIpc) is 2.33. The first kappa shape index (κ1) is 20.9. The van der Waals surface area contributed by atoms with Crippen molar-refractivity contribution in [1.82, 2.24) is 5.32 Å². The van der Waals surface area contributed by atoms with Gasteiger partial charge in [-0.05, 0) is 61.3 Å². The molecule has 1 aliphatic rings. The van der Waals surface area contributed by atoms with Crippen LogP contribution in [-0.2, 0) is 14.3 Å². The SMILES string of the molecule is CCC(C)(CC(C)(C)C(=O)O)C(=O)OC1CC(C)(C)NC(C)(C)C1. The molecule has 0 aliphatic carbocycles. The van der Waals surface area contributed by atoms with Crippen LogP contribution in [0.25, 0.3) is 0 Å². The van der Waals surface area contributed by atoms with Gasteiger partial charge in [0.25, 0.3) is 0 Å². The molecule has 0 amide bonds. The third kappa shape index (κ3) is 5.20. The summed E-state index contributed by atoms with van der Waals surface area (Å²) in [4.78, 5) is 24.3. The molecular formula is C19H35NO4. The predicted molar refractivity (Wildman–Crippen MR) is 94.8 cm³/mol. The van der Waals surface area contributed by atoms with E-state index in [0.717, 1.165) is 12.8 Å². The molecular weight excluding hydrogens is 306 g/mol. The number of carbonyl (C=O) groups is 2. The van der Waals surface area contributed by atoms with Gasteiger partial charge >= 0.3 is 11.9 Å². The Hall–Kier alpha value is -1.10. The molecule has 0 spiro atoms. The fourth-order valence-corrected chi connectivity index (χ4v) is 4.00. The third-order valence-corrected chi connectivity index (χ3v) is 5.11. The van der Waals surface area contributed by atoms with Crippen LogP contribution in [0.4, 0.5) is 0 Å². The minimum absolute atomic E-state index is 0.102. The molecule has 0 aromatic heterocycles. The van der Waals surface area contributed by atoms with Gasteiger partial charge < -0.3 is 15.2 Å². The molecule has 1 unspecified atom stereocenters. The van der Waals surface area contributed by atoms with Crippen LogP contribution >= 0.6 is 0 Å². The maximum atomic E-state index is 12.9. The van der Waals surface area contributed by atoms with Gasteiger partial charge in [0, 0.05) is 23.9 Å². The zero-order valence-electron chi connectivity index (χ0n) is 16.6. The molecule has 0 aromatic rings. The Morgan fingerprint density at radius 3 is 1.96 bits per heavy atom. The fraction of sp³-hybridized carbons (Fsp3) is 0.895. The minimum atomic E-state index is -0.962. The average molecular weight is 341 g/mol. The van der Waals surface area contributed by atoms with Crippen molar-refractivity contribution < 1.29 is 19.4 Å². The van der Waals surface area contributed by atoms with E-state index in [0.29, 0.717) is 6.42 Å². The van der Waals surface area contributed by atoms with Gasteiger partial charge in [-0.25, -0.2) is 0 Å². The van der Waals surface area contributed by atoms with E-state index in [1.54, 1.807) is 13.8 Å². The molecule has 1 rings (SSSR count). The van der Waals surface area contributed by atoms with Crippen LogP contribution in [0.5, 0.6) is 0 Å². The number of carboxylic acid groups (broad SMARTS) is 1. The molecule has 1 fully saturated rings. The molecule has 2 N–H and O–H groups in total. The Balaban J connectivity index is 2.89. The van der Waals surface area contributed by atoms with Gasteiger partial charge in [-0.3, -0.25) is 9.59 Å². The van der Waals surface area contributed by atoms with Crippen molar-refractivity contribution in [3.63, 3.8) is 0 Å². The summed E-state index contributed by atoms with van der Waals surface area (Å²) in [6, 6.07) is 0. The van der Waals surface area contributed by atoms with E-state index in [1.807, 2.05) is 13.8 Å². The van der Waals surface area contributed by atoms with Crippen LogP contribution in [0.2, 0.25) is 0 Å². The molecule has 24 heavy (non-hydrogen) atoms. The minimum Gasteiger partial charge on any atom is -0.481 e. The van der Waals surface area contributed by atoms with Crippen molar-refractivity contribution in [2.45, 2.75) is 98.3 Å². The second-order valence-corrected chi connectivity index (χ2v) is 9.61. The van der Waals surface area contributed by atoms with Crippen LogP contribution in [0, 0.1) is 10.8 Å². The van der Waals surface area contributed by atoms with E-state index < -0.39 is 16.8 Å². The molecule has 5 nitrogen and oxygen atoms in total. The standard InChI is InChI=1S/C19H35NO4/c1-9-19(8,12-16(2,3)14(21)22)15(23)24-13-10-17(4,5)20-18(6,7)11-13/h13,20H,9-12H2,1-8H3,(H,21,22). The number of rotatable bonds is 6. The van der Waals surface area contributed by atoms with Crippen molar-refractivity contribution in [2.75, 3.05) is 0 Å². The first-order chi connectivity index (χ1) is 10.6. The van der Waals surface area contributed by atoms with Crippen LogP contribution in [0.1, 0.15) is 81.1 Å². The zero-order valence-corrected chi connectivity index (χ0v) is 16.6. The summed E-state index contributed by atoms with van der Waals surface area (Å²) >= 11 is 0. The number of aliphatic carboxylic acids is 1. The first-order valence-electron chi connectivity index (χ1n) is 8.86. The van der Waals surface area contributed by atoms with Crippen LogP contribution in [0.15, 0.2) is 0 Å². The maximum absolute atomic E-state index is 12.9. The number of carbonyl (C=O) groups excluding carboxylic acids is 1. The van der Waals surface area contributed by atoms with E-state index in [-0.39, 0.29) is 29.6 Å². The lowest BCUT2D eigenvalue weighted by atomic mass is 9.72. The molecule has 0 radical (unpaired) electrons. The van der Waals surface area contributed by atoms with Crippen LogP contribution in [0.3, 0.4) is 0 Å². The quantitative estimate of drug-likeness (QED) is 0.720. The van der Waals surface area contributed by atoms with Gasteiger partial charge in [0.2, 0.25) is 0 Å². The molecule has 140 valence electrons. The molecule has 1 atom stereocenters. The number of nitrogens with one attached hydrogen (secondary N) is 1. The molecule has 0 saturated carbocycles. The summed E-state index contributed by atoms with van der Waals surface area (Å²) in [5.74, 6) is -1.17. The van der Waals surface area contributed by atoms with Crippen LogP contribution < -0.4 is 5.32 Å². The Bertz CT molecular complexity index is 480. The molecule has 1 aliphatic heterocycles. The topological polar surface area (TPSA) is 75.6 Å². The summed E-state index contributed by atoms with van der Waals surface area (Å²) < 4.78 is 5.87. The number of hydrogen-bond donors (Lipinski definition) is 2. The van der Waals surface area contributed by atoms with E-state index in [2.05, 4.69) is 33.0 Å². The highest BCUT2D eigenvalue weighted by atomic mass is 16.5. The lowest BCUT2D eigenvalue weighted by Gasteiger charge is -2.46. The summed E-state index contributed by atoms with van der Waals surface area (Å²) in [7, 11) is 0. The largest absolute Gasteiger partial charge is 0.481 e. The first-order valence-corrected chi connectivity index (χ1v) is 8.86. The Labute approximate surface area is 146 Å². The fourth-order valence-electron chi connectivity index (χ4n) is 4.00. The third-order valence-electron chi connectivity index (χ3n) is 5.11. The highest BCUT2D eigenvalue weighted by Gasteiger charge is 2.45. The van der Waals surface area contributed by atoms with Crippen molar-refractivity contribution in [3.05, 3.63) is 0 Å². The van der Waals surface area contributed by atoms with E-state index in [1.165, 1.54) is 0 Å². The maximum Gasteiger partial charge on any atom is 0.312 e. The molecule has 5 heteroatoms. The van der Waals surface area contributed by atoms with Gasteiger partial charge in [-0.15, -0.1) is 0 Å². The van der Waals surface area contributed by atoms with Crippen molar-refractivity contribution >= 4 is 11.9 Å². The lowest BCUT2D eigenvalue weighted by molar-refractivity contribution is -0.168. The highest BCUT2D eigenvalue weighted by Crippen LogP contribution is 2.39. The van der Waals surface area contributed by atoms with E-state index in [9.17, 15) is 14.7 Å². The second-order valence-electron chi connectivity index (χ2n) is 9.61. The normalized spacial score (nSPS) is 23.3. The lowest BCUT2D eigenvalue weighted by Crippen LogP contribution is -2.60. The predicted octanol–water partition coefficient (Wildman–Crippen LogP) is 3.76. The smallest absolute Gasteiger partial charge is 0.312 e. The Morgan fingerprint density at radius 2 is 1.58 bits per heavy atom. The van der Waals surface area contributed by atoms with Gasteiger partial charge in [0.05, 0.1) is 10.8 Å². The van der Waals surface area contributed by atoms with Gasteiger partial charge in [-0.2, -0.15) is 0 Å². The second kappa shape index (κ2) is 6.66. The number of ether oxygens (including phenoxy) is 1. The van der Waals surface area contributed by atoms with Crippen molar-refractivity contribution in [1.29, 1.82) is 0 Å². The summed E-state index contributed by atoms with van der Waals surface area (Å²) in [5.41, 5.74) is -1.96. The summed E-state index contributed by atoms with van der Waals surface area (Å²) in [6.45, 7) is 15.5. The van der Waals surface area contributed by atoms with Crippen molar-refractivity contribution in [3.8, 4) is 0 Å². The Kier molecular flexibility index (Phi) is 5.81. The number of piperidine rings is 1. The van der Waals surface area contributed by atoms with Crippen molar-refractivity contribution in [2.24, 2.45) is 10.8 Å². The molecule has 1 saturated heterocycles. The van der Waals surface area contributed by atoms with Gasteiger partial charge in [-0.1, -0.05) is 6.92 Å². The Morgan fingerprint density at radius 1 is 1.12 bits per heavy atom. The number of esters is 1. The highest BCUT2D eigenvalue weighted by molar-refractivity contribution is 5.79. The summed E-state index contributed by atoms with van der Waals surface area (Å²) in [6.07, 6.45) is 2.18. The summed E-state index contributed by atoms with van der Waals surface area (Å²) in [5, 5.41) is 13.0. The zero-order chi connectivity index (χ0) is 19.0. The van der Waals surface area contributed by atoms with Crippen LogP contribution in [-0.4, -0.2) is 34.2 Å². The molecule has 1 heterocycles.